The van der Waals surface area contributed by atoms with Gasteiger partial charge in [-0.1, -0.05) is 35.4 Å². The summed E-state index contributed by atoms with van der Waals surface area (Å²) < 4.78 is 65.0. The molecule has 0 N–H and O–H groups in total. The van der Waals surface area contributed by atoms with Crippen LogP contribution in [0.3, 0.4) is 0 Å². The highest BCUT2D eigenvalue weighted by Gasteiger charge is 2.43. The molecular formula is C22H32N2O6S2. The standard InChI is InChI=1S/C8H18N2.2C7H8O3S/c1-9-3-6-10(2,7-4-9)8-5-9;2*1-6-2-4-7(5-3-6)11(8,9)10/h3-8H2,1-2H3;2*2-5H,1H3,(H,8,9,10)/q+2;;/p-2. The van der Waals surface area contributed by atoms with Gasteiger partial charge in [0.1, 0.15) is 59.5 Å². The highest BCUT2D eigenvalue weighted by Crippen LogP contribution is 2.21. The lowest BCUT2D eigenvalue weighted by molar-refractivity contribution is -1.06. The van der Waals surface area contributed by atoms with Crippen LogP contribution in [0.1, 0.15) is 11.1 Å². The van der Waals surface area contributed by atoms with Crippen LogP contribution in [-0.2, 0) is 20.2 Å². The molecule has 0 aliphatic carbocycles. The van der Waals surface area contributed by atoms with Crippen molar-refractivity contribution in [2.24, 2.45) is 0 Å². The summed E-state index contributed by atoms with van der Waals surface area (Å²) in [6.07, 6.45) is 0. The fourth-order valence-corrected chi connectivity index (χ4v) is 4.47. The van der Waals surface area contributed by atoms with Gasteiger partial charge in [0.15, 0.2) is 0 Å². The normalized spacial score (nSPS) is 24.6. The lowest BCUT2D eigenvalue weighted by Crippen LogP contribution is -2.72. The molecule has 0 radical (unpaired) electrons. The number of aryl methyl sites for hydroxylation is 2. The molecule has 0 atom stereocenters. The SMILES string of the molecule is C[N+]12CC[N+](C)(CC1)CC2.Cc1ccc(S(=O)(=O)[O-])cc1.Cc1ccc(S(=O)(=O)[O-])cc1. The van der Waals surface area contributed by atoms with Crippen molar-refractivity contribution in [3.05, 3.63) is 59.7 Å². The lowest BCUT2D eigenvalue weighted by atomic mass is 10.1. The topological polar surface area (TPSA) is 114 Å². The van der Waals surface area contributed by atoms with E-state index in [1.54, 1.807) is 24.3 Å². The molecule has 3 aliphatic heterocycles. The first-order chi connectivity index (χ1) is 14.6. The summed E-state index contributed by atoms with van der Waals surface area (Å²) >= 11 is 0. The van der Waals surface area contributed by atoms with E-state index in [0.29, 0.717) is 0 Å². The van der Waals surface area contributed by atoms with Gasteiger partial charge in [-0.2, -0.15) is 0 Å². The Morgan fingerprint density at radius 1 is 0.562 bits per heavy atom. The van der Waals surface area contributed by atoms with Crippen molar-refractivity contribution in [3.63, 3.8) is 0 Å². The van der Waals surface area contributed by atoms with Crippen LogP contribution in [0.25, 0.3) is 0 Å². The Balaban J connectivity index is 0.000000170. The third-order valence-electron chi connectivity index (χ3n) is 6.16. The van der Waals surface area contributed by atoms with Crippen LogP contribution in [0.15, 0.2) is 58.3 Å². The predicted octanol–water partition coefficient (Wildman–Crippen LogP) is 1.71. The van der Waals surface area contributed by atoms with Crippen LogP contribution < -0.4 is 0 Å². The molecule has 8 nitrogen and oxygen atoms in total. The van der Waals surface area contributed by atoms with Gasteiger partial charge in [0.05, 0.1) is 23.9 Å². The van der Waals surface area contributed by atoms with Crippen LogP contribution in [0.4, 0.5) is 0 Å². The Morgan fingerprint density at radius 2 is 0.781 bits per heavy atom. The van der Waals surface area contributed by atoms with Gasteiger partial charge in [-0.15, -0.1) is 0 Å². The van der Waals surface area contributed by atoms with E-state index >= 15 is 0 Å². The fourth-order valence-electron chi connectivity index (χ4n) is 3.53. The molecule has 3 saturated heterocycles. The molecule has 5 rings (SSSR count). The molecule has 0 amide bonds. The van der Waals surface area contributed by atoms with Crippen LogP contribution in [-0.4, -0.2) is 88.3 Å². The lowest BCUT2D eigenvalue weighted by Gasteiger charge is -2.52. The molecule has 0 spiro atoms. The van der Waals surface area contributed by atoms with E-state index in [9.17, 15) is 25.9 Å². The minimum absolute atomic E-state index is 0.178. The van der Waals surface area contributed by atoms with E-state index in [0.717, 1.165) is 11.1 Å². The van der Waals surface area contributed by atoms with Crippen LogP contribution in [0.2, 0.25) is 0 Å². The van der Waals surface area contributed by atoms with E-state index in [-0.39, 0.29) is 9.79 Å². The number of hydrogen-bond acceptors (Lipinski definition) is 6. The average molecular weight is 485 g/mol. The zero-order valence-corrected chi connectivity index (χ0v) is 20.7. The van der Waals surface area contributed by atoms with E-state index in [1.165, 1.54) is 72.5 Å². The molecular weight excluding hydrogens is 452 g/mol. The summed E-state index contributed by atoms with van der Waals surface area (Å²) in [4.78, 5) is -0.355. The third-order valence-corrected chi connectivity index (χ3v) is 7.86. The number of hydrogen-bond donors (Lipinski definition) is 0. The number of fused-ring (bicyclic) bond motifs is 3. The molecule has 3 aliphatic rings. The van der Waals surface area contributed by atoms with E-state index in [4.69, 9.17) is 0 Å². The second-order valence-corrected chi connectivity index (χ2v) is 11.9. The van der Waals surface area contributed by atoms with Crippen LogP contribution >= 0.6 is 0 Å². The number of piperazine rings is 3. The summed E-state index contributed by atoms with van der Waals surface area (Å²) in [6, 6.07) is 11.6. The van der Waals surface area contributed by atoms with E-state index in [1.807, 2.05) is 13.8 Å². The van der Waals surface area contributed by atoms with Gasteiger partial charge in [-0.25, -0.2) is 16.8 Å². The van der Waals surface area contributed by atoms with Crippen molar-refractivity contribution in [2.75, 3.05) is 53.4 Å². The molecule has 0 saturated carbocycles. The van der Waals surface area contributed by atoms with Crippen LogP contribution in [0.5, 0.6) is 0 Å². The second-order valence-electron chi connectivity index (χ2n) is 9.12. The van der Waals surface area contributed by atoms with Gasteiger partial charge in [0, 0.05) is 0 Å². The van der Waals surface area contributed by atoms with Gasteiger partial charge >= 0.3 is 0 Å². The molecule has 3 heterocycles. The minimum Gasteiger partial charge on any atom is -0.744 e. The Hall–Kier alpha value is -1.82. The highest BCUT2D eigenvalue weighted by molar-refractivity contribution is 7.86. The van der Waals surface area contributed by atoms with Gasteiger partial charge < -0.3 is 18.1 Å². The number of rotatable bonds is 2. The average Bonchev–Trinajstić information content (AvgIpc) is 2.70. The zero-order chi connectivity index (χ0) is 24.2. The molecule has 2 aromatic carbocycles. The predicted molar refractivity (Wildman–Crippen MR) is 120 cm³/mol. The first-order valence-electron chi connectivity index (χ1n) is 10.3. The molecule has 178 valence electrons. The molecule has 32 heavy (non-hydrogen) atoms. The summed E-state index contributed by atoms with van der Waals surface area (Å²) in [6.45, 7) is 12.1. The molecule has 0 aromatic heterocycles. The summed E-state index contributed by atoms with van der Waals surface area (Å²) in [5, 5.41) is 0. The van der Waals surface area contributed by atoms with E-state index in [2.05, 4.69) is 14.1 Å². The molecule has 2 bridgehead atoms. The van der Waals surface area contributed by atoms with Gasteiger partial charge in [0.2, 0.25) is 0 Å². The van der Waals surface area contributed by atoms with Crippen molar-refractivity contribution in [1.82, 2.24) is 0 Å². The molecule has 2 aromatic rings. The number of likely N-dealkylation sites (N-methyl/N-ethyl adjacent to an activating group) is 2. The van der Waals surface area contributed by atoms with Crippen molar-refractivity contribution in [1.29, 1.82) is 0 Å². The summed E-state index contributed by atoms with van der Waals surface area (Å²) in [5.41, 5.74) is 1.86. The Morgan fingerprint density at radius 3 is 0.969 bits per heavy atom. The minimum atomic E-state index is -4.27. The summed E-state index contributed by atoms with van der Waals surface area (Å²) in [5.74, 6) is 0. The second kappa shape index (κ2) is 9.98. The first-order valence-corrected chi connectivity index (χ1v) is 13.2. The largest absolute Gasteiger partial charge is 0.744 e. The molecule has 0 unspecified atom stereocenters. The summed E-state index contributed by atoms with van der Waals surface area (Å²) in [7, 11) is -3.73. The molecule has 3 fully saturated rings. The van der Waals surface area contributed by atoms with Crippen molar-refractivity contribution >= 4 is 20.2 Å². The quantitative estimate of drug-likeness (QED) is 0.473. The van der Waals surface area contributed by atoms with Gasteiger partial charge in [-0.05, 0) is 38.1 Å². The smallest absolute Gasteiger partial charge is 0.129 e. The Labute approximate surface area is 191 Å². The third kappa shape index (κ3) is 7.95. The van der Waals surface area contributed by atoms with Crippen molar-refractivity contribution in [3.8, 4) is 0 Å². The van der Waals surface area contributed by atoms with Crippen LogP contribution in [0, 0.1) is 13.8 Å². The number of nitrogens with zero attached hydrogens (tertiary/aromatic N) is 2. The maximum absolute atomic E-state index is 10.4. The number of benzene rings is 2. The van der Waals surface area contributed by atoms with E-state index < -0.39 is 20.2 Å². The van der Waals surface area contributed by atoms with Crippen molar-refractivity contribution in [2.45, 2.75) is 23.6 Å². The monoisotopic (exact) mass is 484 g/mol. The molecule has 10 heteroatoms. The van der Waals surface area contributed by atoms with Gasteiger partial charge in [0.25, 0.3) is 0 Å². The highest BCUT2D eigenvalue weighted by atomic mass is 32.2. The first kappa shape index (κ1) is 26.4. The number of quaternary nitrogens is 2. The fraction of sp³-hybridized carbons (Fsp3) is 0.455. The van der Waals surface area contributed by atoms with Crippen molar-refractivity contribution < 1.29 is 34.9 Å². The Bertz CT molecular complexity index is 996. The zero-order valence-electron chi connectivity index (χ0n) is 19.0. The van der Waals surface area contributed by atoms with Gasteiger partial charge in [-0.3, -0.25) is 0 Å². The maximum atomic E-state index is 10.4. The maximum Gasteiger partial charge on any atom is 0.129 e. The Kier molecular flexibility index (Phi) is 8.25.